The van der Waals surface area contributed by atoms with Crippen LogP contribution < -0.4 is 5.32 Å². The number of carbonyl (C=O) groups is 1. The van der Waals surface area contributed by atoms with Crippen LogP contribution in [0, 0.1) is 0 Å². The molecule has 0 aromatic rings. The lowest BCUT2D eigenvalue weighted by Gasteiger charge is -2.35. The van der Waals surface area contributed by atoms with Gasteiger partial charge in [0.2, 0.25) is 0 Å². The molecule has 2 unspecified atom stereocenters. The second-order valence-corrected chi connectivity index (χ2v) is 5.03. The third kappa shape index (κ3) is 2.93. The van der Waals surface area contributed by atoms with E-state index in [1.807, 2.05) is 6.92 Å². The van der Waals surface area contributed by atoms with Gasteiger partial charge in [-0.25, -0.2) is 4.79 Å². The Balaban J connectivity index is 1.81. The molecule has 1 N–H and O–H groups in total. The Bertz CT molecular complexity index is 303. The van der Waals surface area contributed by atoms with Gasteiger partial charge in [-0.2, -0.15) is 8.78 Å². The molecule has 0 aromatic carbocycles. The fourth-order valence-corrected chi connectivity index (χ4v) is 2.20. The van der Waals surface area contributed by atoms with Crippen molar-refractivity contribution in [3.05, 3.63) is 0 Å². The fraction of sp³-hybridized carbons (Fsp3) is 0.909. The molecule has 2 atom stereocenters. The Morgan fingerprint density at radius 3 is 2.82 bits per heavy atom. The summed E-state index contributed by atoms with van der Waals surface area (Å²) in [5.74, 6) is -4.73. The summed E-state index contributed by atoms with van der Waals surface area (Å²) >= 11 is 0. The van der Waals surface area contributed by atoms with Gasteiger partial charge in [-0.1, -0.05) is 0 Å². The van der Waals surface area contributed by atoms with Crippen LogP contribution in [0.5, 0.6) is 0 Å². The zero-order valence-corrected chi connectivity index (χ0v) is 9.80. The third-order valence-corrected chi connectivity index (χ3v) is 3.25. The molecule has 2 rings (SSSR count). The highest BCUT2D eigenvalue weighted by Crippen LogP contribution is 2.31. The van der Waals surface area contributed by atoms with E-state index in [1.165, 1.54) is 0 Å². The zero-order chi connectivity index (χ0) is 12.5. The first-order chi connectivity index (χ1) is 7.91. The first-order valence-electron chi connectivity index (χ1n) is 5.83. The number of rotatable bonds is 3. The van der Waals surface area contributed by atoms with Gasteiger partial charge in [0.05, 0.1) is 13.0 Å². The Morgan fingerprint density at radius 2 is 2.29 bits per heavy atom. The van der Waals surface area contributed by atoms with Crippen molar-refractivity contribution in [2.75, 3.05) is 19.8 Å². The van der Waals surface area contributed by atoms with Crippen LogP contribution in [-0.2, 0) is 14.3 Å². The van der Waals surface area contributed by atoms with Crippen LogP contribution >= 0.6 is 0 Å². The number of carbonyl (C=O) groups excluding carboxylic acids is 1. The largest absolute Gasteiger partial charge is 0.456 e. The predicted molar refractivity (Wildman–Crippen MR) is 55.9 cm³/mol. The molecule has 2 fully saturated rings. The first kappa shape index (κ1) is 12.7. The molecule has 4 nitrogen and oxygen atoms in total. The van der Waals surface area contributed by atoms with E-state index >= 15 is 0 Å². The van der Waals surface area contributed by atoms with Crippen LogP contribution in [0.4, 0.5) is 8.78 Å². The summed E-state index contributed by atoms with van der Waals surface area (Å²) in [7, 11) is 0. The maximum absolute atomic E-state index is 12.9. The Morgan fingerprint density at radius 1 is 1.53 bits per heavy atom. The van der Waals surface area contributed by atoms with Gasteiger partial charge in [-0.15, -0.1) is 0 Å². The van der Waals surface area contributed by atoms with E-state index in [0.29, 0.717) is 6.61 Å². The monoisotopic (exact) mass is 249 g/mol. The van der Waals surface area contributed by atoms with Crippen LogP contribution in [0.2, 0.25) is 0 Å². The van der Waals surface area contributed by atoms with Gasteiger partial charge in [-0.05, 0) is 19.8 Å². The summed E-state index contributed by atoms with van der Waals surface area (Å²) in [5.41, 5.74) is -0.206. The standard InChI is InChI=1S/C11H17F2NO3/c1-10(3-2-4-16-7-10)14-6-8-5-11(12,13)9(15)17-8/h8,14H,2-7H2,1H3. The van der Waals surface area contributed by atoms with Crippen molar-refractivity contribution in [1.82, 2.24) is 5.32 Å². The molecule has 98 valence electrons. The molecule has 0 radical (unpaired) electrons. The van der Waals surface area contributed by atoms with Gasteiger partial charge < -0.3 is 14.8 Å². The molecule has 2 saturated heterocycles. The highest BCUT2D eigenvalue weighted by molar-refractivity contribution is 5.79. The lowest BCUT2D eigenvalue weighted by Crippen LogP contribution is -2.51. The van der Waals surface area contributed by atoms with Gasteiger partial charge in [0.1, 0.15) is 6.10 Å². The number of esters is 1. The topological polar surface area (TPSA) is 47.6 Å². The molecule has 17 heavy (non-hydrogen) atoms. The summed E-state index contributed by atoms with van der Waals surface area (Å²) in [6.07, 6.45) is 0.612. The van der Waals surface area contributed by atoms with Crippen LogP contribution in [0.25, 0.3) is 0 Å². The summed E-state index contributed by atoms with van der Waals surface area (Å²) < 4.78 is 35.8. The normalized spacial score (nSPS) is 36.9. The lowest BCUT2D eigenvalue weighted by molar-refractivity contribution is -0.159. The molecule has 0 spiro atoms. The predicted octanol–water partition coefficient (Wildman–Crippen LogP) is 1.10. The van der Waals surface area contributed by atoms with Crippen LogP contribution in [0.1, 0.15) is 26.2 Å². The van der Waals surface area contributed by atoms with Crippen molar-refractivity contribution >= 4 is 5.97 Å². The van der Waals surface area contributed by atoms with Crippen molar-refractivity contribution in [1.29, 1.82) is 0 Å². The number of hydrogen-bond donors (Lipinski definition) is 1. The highest BCUT2D eigenvalue weighted by Gasteiger charge is 2.50. The molecule has 0 aliphatic carbocycles. The SMILES string of the molecule is CC1(NCC2CC(F)(F)C(=O)O2)CCCOC1. The smallest absolute Gasteiger partial charge is 0.377 e. The molecule has 2 heterocycles. The highest BCUT2D eigenvalue weighted by atomic mass is 19.3. The fourth-order valence-electron chi connectivity index (χ4n) is 2.20. The van der Waals surface area contributed by atoms with Crippen molar-refractivity contribution in [3.63, 3.8) is 0 Å². The number of hydrogen-bond acceptors (Lipinski definition) is 4. The van der Waals surface area contributed by atoms with Crippen molar-refractivity contribution in [2.24, 2.45) is 0 Å². The van der Waals surface area contributed by atoms with E-state index in [1.54, 1.807) is 0 Å². The summed E-state index contributed by atoms with van der Waals surface area (Å²) in [6, 6.07) is 0. The van der Waals surface area contributed by atoms with Gasteiger partial charge >= 0.3 is 11.9 Å². The maximum Gasteiger partial charge on any atom is 0.377 e. The van der Waals surface area contributed by atoms with Crippen LogP contribution in [-0.4, -0.2) is 43.3 Å². The number of alkyl halides is 2. The minimum Gasteiger partial charge on any atom is -0.456 e. The minimum absolute atomic E-state index is 0.206. The number of cyclic esters (lactones) is 1. The van der Waals surface area contributed by atoms with E-state index in [0.717, 1.165) is 19.4 Å². The molecule has 2 aliphatic heterocycles. The first-order valence-corrected chi connectivity index (χ1v) is 5.83. The maximum atomic E-state index is 12.9. The van der Waals surface area contributed by atoms with Crippen molar-refractivity contribution < 1.29 is 23.0 Å². The van der Waals surface area contributed by atoms with Crippen molar-refractivity contribution in [3.8, 4) is 0 Å². The van der Waals surface area contributed by atoms with Crippen LogP contribution in [0.15, 0.2) is 0 Å². The number of halogens is 2. The van der Waals surface area contributed by atoms with Crippen LogP contribution in [0.3, 0.4) is 0 Å². The van der Waals surface area contributed by atoms with E-state index in [4.69, 9.17) is 4.74 Å². The van der Waals surface area contributed by atoms with Gasteiger partial charge in [0.25, 0.3) is 0 Å². The second-order valence-electron chi connectivity index (χ2n) is 5.03. The second kappa shape index (κ2) is 4.49. The molecular weight excluding hydrogens is 232 g/mol. The number of nitrogens with one attached hydrogen (secondary N) is 1. The van der Waals surface area contributed by atoms with E-state index in [9.17, 15) is 13.6 Å². The van der Waals surface area contributed by atoms with E-state index < -0.39 is 24.4 Å². The van der Waals surface area contributed by atoms with Gasteiger partial charge in [0.15, 0.2) is 0 Å². The van der Waals surface area contributed by atoms with Gasteiger partial charge in [-0.3, -0.25) is 0 Å². The van der Waals surface area contributed by atoms with E-state index in [-0.39, 0.29) is 12.1 Å². The average molecular weight is 249 g/mol. The number of ether oxygens (including phenoxy) is 2. The van der Waals surface area contributed by atoms with Crippen molar-refractivity contribution in [2.45, 2.75) is 43.8 Å². The summed E-state index contributed by atoms with van der Waals surface area (Å²) in [4.78, 5) is 10.8. The Kier molecular flexibility index (Phi) is 3.36. The third-order valence-electron chi connectivity index (χ3n) is 3.25. The Hall–Kier alpha value is -0.750. The molecule has 0 amide bonds. The molecule has 0 aromatic heterocycles. The zero-order valence-electron chi connectivity index (χ0n) is 9.80. The average Bonchev–Trinajstić information content (AvgIpc) is 2.52. The van der Waals surface area contributed by atoms with E-state index in [2.05, 4.69) is 10.1 Å². The minimum atomic E-state index is -3.32. The quantitative estimate of drug-likeness (QED) is 0.761. The molecule has 0 bridgehead atoms. The summed E-state index contributed by atoms with van der Waals surface area (Å²) in [5, 5.41) is 3.16. The lowest BCUT2D eigenvalue weighted by atomic mass is 9.94. The molecule has 0 saturated carbocycles. The summed E-state index contributed by atoms with van der Waals surface area (Å²) in [6.45, 7) is 3.54. The molecule has 6 heteroatoms. The van der Waals surface area contributed by atoms with Gasteiger partial charge in [0, 0.05) is 18.7 Å². The molecular formula is C11H17F2NO3. The Labute approximate surface area is 98.6 Å². The molecule has 2 aliphatic rings.